The molecule has 0 saturated heterocycles. The molecule has 35 heavy (non-hydrogen) atoms. The first-order chi connectivity index (χ1) is 16.7. The van der Waals surface area contributed by atoms with E-state index in [0.717, 1.165) is 21.9 Å². The van der Waals surface area contributed by atoms with Gasteiger partial charge in [-0.1, -0.05) is 48.5 Å². The fourth-order valence-electron chi connectivity index (χ4n) is 4.23. The van der Waals surface area contributed by atoms with Gasteiger partial charge in [0.1, 0.15) is 18.4 Å². The van der Waals surface area contributed by atoms with E-state index in [2.05, 4.69) is 36.4 Å². The van der Waals surface area contributed by atoms with Crippen LogP contribution >= 0.6 is 0 Å². The highest BCUT2D eigenvalue weighted by Crippen LogP contribution is 2.33. The summed E-state index contributed by atoms with van der Waals surface area (Å²) < 4.78 is 10.9. The average molecular weight is 475 g/mol. The molecule has 3 rings (SSSR count). The molecule has 3 N–H and O–H groups in total. The molecule has 0 aliphatic carbocycles. The molecule has 0 spiro atoms. The van der Waals surface area contributed by atoms with Gasteiger partial charge in [0, 0.05) is 17.9 Å². The lowest BCUT2D eigenvalue weighted by molar-refractivity contribution is -0.143. The third-order valence-corrected chi connectivity index (χ3v) is 6.10. The molecule has 0 amide bonds. The van der Waals surface area contributed by atoms with Crippen LogP contribution in [0.2, 0.25) is 0 Å². The van der Waals surface area contributed by atoms with Crippen molar-refractivity contribution in [2.75, 3.05) is 13.2 Å². The highest BCUT2D eigenvalue weighted by molar-refractivity contribution is 5.83. The van der Waals surface area contributed by atoms with Crippen molar-refractivity contribution in [3.63, 3.8) is 0 Å². The summed E-state index contributed by atoms with van der Waals surface area (Å²) in [6, 6.07) is 21.8. The quantitative estimate of drug-likeness (QED) is 0.385. The van der Waals surface area contributed by atoms with Gasteiger partial charge < -0.3 is 20.3 Å². The predicted molar refractivity (Wildman–Crippen MR) is 137 cm³/mol. The van der Waals surface area contributed by atoms with E-state index in [1.807, 2.05) is 26.0 Å². The van der Waals surface area contributed by atoms with E-state index < -0.39 is 11.6 Å². The minimum atomic E-state index is -0.788. The van der Waals surface area contributed by atoms with E-state index in [9.17, 15) is 15.2 Å². The van der Waals surface area contributed by atoms with Crippen molar-refractivity contribution in [3.8, 4) is 11.8 Å². The number of aliphatic hydroxyl groups is 1. The molecular formula is C29H34N2O4. The molecule has 6 heteroatoms. The van der Waals surface area contributed by atoms with Gasteiger partial charge in [-0.25, -0.2) is 0 Å². The molecule has 0 aliphatic rings. The molecular weight excluding hydrogens is 440 g/mol. The third-order valence-electron chi connectivity index (χ3n) is 6.10. The maximum absolute atomic E-state index is 11.7. The molecule has 0 saturated carbocycles. The van der Waals surface area contributed by atoms with Crippen LogP contribution in [0.5, 0.6) is 5.75 Å². The summed E-state index contributed by atoms with van der Waals surface area (Å²) in [6.45, 7) is 6.06. The fraction of sp³-hybridized carbons (Fsp3) is 0.379. The molecule has 0 fully saturated rings. The van der Waals surface area contributed by atoms with Crippen LogP contribution in [0.3, 0.4) is 0 Å². The largest absolute Gasteiger partial charge is 0.489 e. The third kappa shape index (κ3) is 7.29. The van der Waals surface area contributed by atoms with Gasteiger partial charge in [-0.2, -0.15) is 5.26 Å². The lowest BCUT2D eigenvalue weighted by Gasteiger charge is -2.33. The average Bonchev–Trinajstić information content (AvgIpc) is 2.84. The van der Waals surface area contributed by atoms with E-state index in [1.54, 1.807) is 25.1 Å². The lowest BCUT2D eigenvalue weighted by atomic mass is 9.78. The molecule has 0 aromatic heterocycles. The Labute approximate surface area is 207 Å². The smallest absolute Gasteiger partial charge is 0.306 e. The monoisotopic (exact) mass is 474 g/mol. The molecule has 2 atom stereocenters. The second-order valence-electron chi connectivity index (χ2n) is 9.43. The number of hydrogen-bond acceptors (Lipinski definition) is 6. The SMILES string of the molecule is CCOC(=O)CCc1ccc(C#N)c(OCC(O)C[C@H](c2ccc3ccccc3c2)C(C)(C)N)c1. The number of benzene rings is 3. The number of aryl methyl sites for hydroxylation is 1. The summed E-state index contributed by atoms with van der Waals surface area (Å²) in [5, 5.41) is 22.6. The van der Waals surface area contributed by atoms with E-state index >= 15 is 0 Å². The van der Waals surface area contributed by atoms with Gasteiger partial charge in [0.2, 0.25) is 0 Å². The minimum absolute atomic E-state index is 0.0240. The van der Waals surface area contributed by atoms with Gasteiger partial charge in [-0.05, 0) is 67.6 Å². The lowest BCUT2D eigenvalue weighted by Crippen LogP contribution is -2.41. The number of fused-ring (bicyclic) bond motifs is 1. The number of carbonyl (C=O) groups is 1. The van der Waals surface area contributed by atoms with Crippen LogP contribution < -0.4 is 10.5 Å². The molecule has 0 bridgehead atoms. The Bertz CT molecular complexity index is 1190. The minimum Gasteiger partial charge on any atom is -0.489 e. The Kier molecular flexibility index (Phi) is 8.86. The molecule has 0 heterocycles. The summed E-state index contributed by atoms with van der Waals surface area (Å²) in [7, 11) is 0. The van der Waals surface area contributed by atoms with Crippen LogP contribution in [-0.2, 0) is 16.0 Å². The van der Waals surface area contributed by atoms with E-state index in [-0.39, 0.29) is 24.9 Å². The van der Waals surface area contributed by atoms with Crippen LogP contribution in [-0.4, -0.2) is 35.9 Å². The van der Waals surface area contributed by atoms with Crippen molar-refractivity contribution in [1.82, 2.24) is 0 Å². The summed E-state index contributed by atoms with van der Waals surface area (Å²) in [6.07, 6.45) is 0.353. The summed E-state index contributed by atoms with van der Waals surface area (Å²) >= 11 is 0. The standard InChI is InChI=1S/C29H34N2O4/c1-4-34-28(33)14-10-20-9-11-24(18-30)27(15-20)35-19-25(32)17-26(29(2,3)31)23-13-12-21-7-5-6-8-22(21)16-23/h5-9,11-13,15-16,25-26,32H,4,10,14,17,19,31H2,1-3H3/t25?,26-/m1/s1. The summed E-state index contributed by atoms with van der Waals surface area (Å²) in [4.78, 5) is 11.7. The fourth-order valence-corrected chi connectivity index (χ4v) is 4.23. The first-order valence-corrected chi connectivity index (χ1v) is 12.0. The number of ether oxygens (including phenoxy) is 2. The van der Waals surface area contributed by atoms with Crippen molar-refractivity contribution in [2.45, 2.75) is 57.6 Å². The van der Waals surface area contributed by atoms with Gasteiger partial charge in [0.15, 0.2) is 0 Å². The van der Waals surface area contributed by atoms with Gasteiger partial charge in [-0.15, -0.1) is 0 Å². The van der Waals surface area contributed by atoms with Gasteiger partial charge in [0.05, 0.1) is 18.3 Å². The summed E-state index contributed by atoms with van der Waals surface area (Å²) in [5.41, 5.74) is 8.26. The Hall–Kier alpha value is -3.40. The Morgan fingerprint density at radius 1 is 1.11 bits per heavy atom. The molecule has 1 unspecified atom stereocenters. The normalized spacial score (nSPS) is 13.1. The van der Waals surface area contributed by atoms with Gasteiger partial charge in [-0.3, -0.25) is 4.79 Å². The maximum atomic E-state index is 11.7. The highest BCUT2D eigenvalue weighted by Gasteiger charge is 2.29. The number of aliphatic hydroxyl groups excluding tert-OH is 1. The molecule has 6 nitrogen and oxygen atoms in total. The second kappa shape index (κ2) is 11.8. The first kappa shape index (κ1) is 26.2. The number of nitrogens with two attached hydrogens (primary N) is 1. The number of hydrogen-bond donors (Lipinski definition) is 2. The number of rotatable bonds is 11. The van der Waals surface area contributed by atoms with Crippen molar-refractivity contribution < 1.29 is 19.4 Å². The van der Waals surface area contributed by atoms with Crippen molar-refractivity contribution in [2.24, 2.45) is 5.73 Å². The zero-order chi connectivity index (χ0) is 25.4. The van der Waals surface area contributed by atoms with Crippen LogP contribution in [0.1, 0.15) is 56.2 Å². The maximum Gasteiger partial charge on any atom is 0.306 e. The van der Waals surface area contributed by atoms with Crippen molar-refractivity contribution >= 4 is 16.7 Å². The molecule has 184 valence electrons. The summed E-state index contributed by atoms with van der Waals surface area (Å²) in [5.74, 6) is 0.0260. The van der Waals surface area contributed by atoms with Gasteiger partial charge in [0.25, 0.3) is 0 Å². The number of esters is 1. The van der Waals surface area contributed by atoms with E-state index in [1.165, 1.54) is 0 Å². The second-order valence-corrected chi connectivity index (χ2v) is 9.43. The van der Waals surface area contributed by atoms with Crippen LogP contribution in [0.25, 0.3) is 10.8 Å². The topological polar surface area (TPSA) is 106 Å². The van der Waals surface area contributed by atoms with Crippen molar-refractivity contribution in [3.05, 3.63) is 77.4 Å². The molecule has 0 radical (unpaired) electrons. The Morgan fingerprint density at radius 3 is 2.54 bits per heavy atom. The number of nitriles is 1. The Morgan fingerprint density at radius 2 is 1.86 bits per heavy atom. The molecule has 3 aromatic carbocycles. The van der Waals surface area contributed by atoms with Crippen LogP contribution in [0.15, 0.2) is 60.7 Å². The predicted octanol–water partition coefficient (Wildman–Crippen LogP) is 4.86. The van der Waals surface area contributed by atoms with Gasteiger partial charge >= 0.3 is 5.97 Å². The Balaban J connectivity index is 1.70. The zero-order valence-corrected chi connectivity index (χ0v) is 20.7. The zero-order valence-electron chi connectivity index (χ0n) is 20.7. The van der Waals surface area contributed by atoms with Crippen LogP contribution in [0, 0.1) is 11.3 Å². The molecule has 3 aromatic rings. The van der Waals surface area contributed by atoms with E-state index in [4.69, 9.17) is 15.2 Å². The molecule has 0 aliphatic heterocycles. The highest BCUT2D eigenvalue weighted by atomic mass is 16.5. The van der Waals surface area contributed by atoms with E-state index in [0.29, 0.717) is 30.8 Å². The van der Waals surface area contributed by atoms with Crippen molar-refractivity contribution in [1.29, 1.82) is 5.26 Å². The first-order valence-electron chi connectivity index (χ1n) is 12.0. The number of carbonyl (C=O) groups excluding carboxylic acids is 1. The number of nitrogens with zero attached hydrogens (tertiary/aromatic N) is 1. The van der Waals surface area contributed by atoms with Crippen LogP contribution in [0.4, 0.5) is 0 Å².